The summed E-state index contributed by atoms with van der Waals surface area (Å²) in [5.41, 5.74) is 0.825. The number of nitrogens with one attached hydrogen (secondary N) is 1. The number of amides is 2. The fourth-order valence-electron chi connectivity index (χ4n) is 1.33. The Balaban J connectivity index is 2.40. The van der Waals surface area contributed by atoms with E-state index in [0.717, 1.165) is 12.6 Å². The van der Waals surface area contributed by atoms with Gasteiger partial charge >= 0.3 is 0 Å². The Bertz CT molecular complexity index is 406. The number of hydrogen-bond donors (Lipinski definition) is 3. The number of aliphatic hydroxyl groups is 1. The van der Waals surface area contributed by atoms with E-state index >= 15 is 0 Å². The van der Waals surface area contributed by atoms with Gasteiger partial charge in [0.2, 0.25) is 5.91 Å². The number of benzene rings is 1. The summed E-state index contributed by atoms with van der Waals surface area (Å²) in [7, 11) is 1.16. The van der Waals surface area contributed by atoms with Gasteiger partial charge in [-0.3, -0.25) is 14.8 Å². The van der Waals surface area contributed by atoms with Crippen LogP contribution in [0.15, 0.2) is 30.3 Å². The van der Waals surface area contributed by atoms with Crippen molar-refractivity contribution in [1.29, 1.82) is 0 Å². The summed E-state index contributed by atoms with van der Waals surface area (Å²) in [5.74, 6) is -1.30. The minimum absolute atomic E-state index is 0.176. The first-order valence-corrected chi connectivity index (χ1v) is 5.46. The van der Waals surface area contributed by atoms with Gasteiger partial charge in [-0.15, -0.1) is 0 Å². The van der Waals surface area contributed by atoms with Gasteiger partial charge in [0.05, 0.1) is 6.54 Å². The summed E-state index contributed by atoms with van der Waals surface area (Å²) in [5, 5.41) is 21.0. The predicted molar refractivity (Wildman–Crippen MR) is 63.7 cm³/mol. The second kappa shape index (κ2) is 6.73. The van der Waals surface area contributed by atoms with Crippen LogP contribution in [-0.4, -0.2) is 46.9 Å². The van der Waals surface area contributed by atoms with Gasteiger partial charge in [-0.2, -0.15) is 0 Å². The second-order valence-corrected chi connectivity index (χ2v) is 3.84. The lowest BCUT2D eigenvalue weighted by Gasteiger charge is -2.12. The van der Waals surface area contributed by atoms with E-state index in [1.165, 1.54) is 0 Å². The molecule has 6 heteroatoms. The van der Waals surface area contributed by atoms with Crippen molar-refractivity contribution in [3.05, 3.63) is 35.9 Å². The van der Waals surface area contributed by atoms with E-state index in [4.69, 9.17) is 5.21 Å². The van der Waals surface area contributed by atoms with Crippen LogP contribution in [0.25, 0.3) is 0 Å². The van der Waals surface area contributed by atoms with Crippen molar-refractivity contribution in [1.82, 2.24) is 10.4 Å². The summed E-state index contributed by atoms with van der Waals surface area (Å²) in [6, 6.07) is 9.05. The van der Waals surface area contributed by atoms with E-state index in [1.807, 2.05) is 18.2 Å². The van der Waals surface area contributed by atoms with Gasteiger partial charge in [0, 0.05) is 13.5 Å². The summed E-state index contributed by atoms with van der Waals surface area (Å²) < 4.78 is 0. The first-order valence-electron chi connectivity index (χ1n) is 5.46. The number of hydroxylamine groups is 2. The molecule has 0 aliphatic rings. The van der Waals surface area contributed by atoms with Crippen LogP contribution < -0.4 is 5.32 Å². The molecule has 18 heavy (non-hydrogen) atoms. The number of aliphatic hydroxyl groups excluding tert-OH is 1. The zero-order valence-corrected chi connectivity index (χ0v) is 10.0. The molecule has 1 aromatic carbocycles. The normalized spacial score (nSPS) is 11.7. The van der Waals surface area contributed by atoms with Crippen LogP contribution in [0, 0.1) is 0 Å². The second-order valence-electron chi connectivity index (χ2n) is 3.84. The third kappa shape index (κ3) is 4.52. The molecule has 0 aromatic heterocycles. The van der Waals surface area contributed by atoms with Gasteiger partial charge in [0.25, 0.3) is 5.91 Å². The Morgan fingerprint density at radius 2 is 1.94 bits per heavy atom. The average Bonchev–Trinajstić information content (AvgIpc) is 2.36. The zero-order valence-electron chi connectivity index (χ0n) is 10.0. The van der Waals surface area contributed by atoms with Gasteiger partial charge in [-0.25, -0.2) is 5.06 Å². The van der Waals surface area contributed by atoms with Crippen LogP contribution in [0.3, 0.4) is 0 Å². The third-order valence-electron chi connectivity index (χ3n) is 2.35. The highest BCUT2D eigenvalue weighted by atomic mass is 16.5. The quantitative estimate of drug-likeness (QED) is 0.489. The SMILES string of the molecule is CN(O)C(=O)CNC(=O)[C@@H](O)Cc1ccccc1. The van der Waals surface area contributed by atoms with Crippen molar-refractivity contribution in [2.45, 2.75) is 12.5 Å². The molecule has 0 heterocycles. The molecule has 0 fully saturated rings. The Kier molecular flexibility index (Phi) is 5.29. The summed E-state index contributed by atoms with van der Waals surface area (Å²) in [6.45, 7) is -0.350. The first kappa shape index (κ1) is 14.1. The van der Waals surface area contributed by atoms with Crippen molar-refractivity contribution in [2.24, 2.45) is 0 Å². The molecule has 2 amide bonds. The Morgan fingerprint density at radius 3 is 2.50 bits per heavy atom. The van der Waals surface area contributed by atoms with Crippen LogP contribution in [0.1, 0.15) is 5.56 Å². The van der Waals surface area contributed by atoms with E-state index in [2.05, 4.69) is 5.32 Å². The molecule has 98 valence electrons. The lowest BCUT2D eigenvalue weighted by Crippen LogP contribution is -2.41. The predicted octanol–water partition coefficient (Wildman–Crippen LogP) is -0.446. The van der Waals surface area contributed by atoms with E-state index in [1.54, 1.807) is 12.1 Å². The molecule has 0 saturated heterocycles. The topological polar surface area (TPSA) is 89.9 Å². The maximum absolute atomic E-state index is 11.5. The standard InChI is InChI=1S/C12H16N2O4/c1-14(18)11(16)8-13-12(17)10(15)7-9-5-3-2-4-6-9/h2-6,10,15,18H,7-8H2,1H3,(H,13,17)/t10-/m0/s1. The van der Waals surface area contributed by atoms with Crippen LogP contribution in [0.5, 0.6) is 0 Å². The monoisotopic (exact) mass is 252 g/mol. The Hall–Kier alpha value is -1.92. The largest absolute Gasteiger partial charge is 0.383 e. The Labute approximate surface area is 105 Å². The summed E-state index contributed by atoms with van der Waals surface area (Å²) in [6.07, 6.45) is -1.04. The highest BCUT2D eigenvalue weighted by Crippen LogP contribution is 2.02. The molecule has 1 rings (SSSR count). The smallest absolute Gasteiger partial charge is 0.265 e. The fourth-order valence-corrected chi connectivity index (χ4v) is 1.33. The van der Waals surface area contributed by atoms with E-state index in [9.17, 15) is 14.7 Å². The number of carbonyl (C=O) groups is 2. The minimum atomic E-state index is -1.22. The average molecular weight is 252 g/mol. The molecule has 0 unspecified atom stereocenters. The molecule has 0 aliphatic heterocycles. The highest BCUT2D eigenvalue weighted by molar-refractivity contribution is 5.86. The molecule has 0 saturated carbocycles. The van der Waals surface area contributed by atoms with E-state index in [0.29, 0.717) is 5.06 Å². The van der Waals surface area contributed by atoms with Crippen molar-refractivity contribution >= 4 is 11.8 Å². The molecule has 0 radical (unpaired) electrons. The third-order valence-corrected chi connectivity index (χ3v) is 2.35. The lowest BCUT2D eigenvalue weighted by molar-refractivity contribution is -0.159. The van der Waals surface area contributed by atoms with Gasteiger partial charge < -0.3 is 10.4 Å². The maximum Gasteiger partial charge on any atom is 0.265 e. The van der Waals surface area contributed by atoms with Crippen molar-refractivity contribution in [3.63, 3.8) is 0 Å². The maximum atomic E-state index is 11.5. The van der Waals surface area contributed by atoms with Gasteiger partial charge in [0.15, 0.2) is 0 Å². The molecule has 1 aromatic rings. The summed E-state index contributed by atoms with van der Waals surface area (Å²) in [4.78, 5) is 22.5. The van der Waals surface area contributed by atoms with Gasteiger partial charge in [-0.05, 0) is 5.56 Å². The van der Waals surface area contributed by atoms with Crippen LogP contribution in [0.2, 0.25) is 0 Å². The molecule has 3 N–H and O–H groups in total. The zero-order chi connectivity index (χ0) is 13.5. The van der Waals surface area contributed by atoms with Crippen LogP contribution >= 0.6 is 0 Å². The van der Waals surface area contributed by atoms with Crippen molar-refractivity contribution in [2.75, 3.05) is 13.6 Å². The number of likely N-dealkylation sites (N-methyl/N-ethyl adjacent to an activating group) is 1. The van der Waals surface area contributed by atoms with Crippen molar-refractivity contribution in [3.8, 4) is 0 Å². The number of nitrogens with zero attached hydrogens (tertiary/aromatic N) is 1. The van der Waals surface area contributed by atoms with Crippen molar-refractivity contribution < 1.29 is 19.9 Å². The minimum Gasteiger partial charge on any atom is -0.383 e. The van der Waals surface area contributed by atoms with Crippen LogP contribution in [-0.2, 0) is 16.0 Å². The molecular formula is C12H16N2O4. The number of hydrogen-bond acceptors (Lipinski definition) is 4. The van der Waals surface area contributed by atoms with Crippen LogP contribution in [0.4, 0.5) is 0 Å². The number of rotatable bonds is 5. The van der Waals surface area contributed by atoms with E-state index in [-0.39, 0.29) is 13.0 Å². The molecule has 0 spiro atoms. The fraction of sp³-hybridized carbons (Fsp3) is 0.333. The molecule has 0 aliphatic carbocycles. The van der Waals surface area contributed by atoms with Gasteiger partial charge in [0.1, 0.15) is 6.10 Å². The first-order chi connectivity index (χ1) is 8.50. The Morgan fingerprint density at radius 1 is 1.33 bits per heavy atom. The molecule has 0 bridgehead atoms. The van der Waals surface area contributed by atoms with Gasteiger partial charge in [-0.1, -0.05) is 30.3 Å². The lowest BCUT2D eigenvalue weighted by atomic mass is 10.1. The highest BCUT2D eigenvalue weighted by Gasteiger charge is 2.16. The summed E-state index contributed by atoms with van der Waals surface area (Å²) >= 11 is 0. The molecule has 1 atom stereocenters. The molecule has 6 nitrogen and oxygen atoms in total. The number of carbonyl (C=O) groups excluding carboxylic acids is 2. The van der Waals surface area contributed by atoms with E-state index < -0.39 is 17.9 Å². The molecular weight excluding hydrogens is 236 g/mol.